The first kappa shape index (κ1) is 17.8. The van der Waals surface area contributed by atoms with Crippen LogP contribution in [0.15, 0.2) is 51.8 Å². The maximum absolute atomic E-state index is 12.5. The highest BCUT2D eigenvalue weighted by Gasteiger charge is 2.17. The minimum absolute atomic E-state index is 0.102. The molecule has 5 nitrogen and oxygen atoms in total. The van der Waals surface area contributed by atoms with E-state index < -0.39 is 10.0 Å². The number of oxazole rings is 1. The van der Waals surface area contributed by atoms with Gasteiger partial charge in [-0.05, 0) is 31.2 Å². The Kier molecular flexibility index (Phi) is 4.77. The molecule has 0 unspecified atom stereocenters. The topological polar surface area (TPSA) is 72.2 Å². The van der Waals surface area contributed by atoms with Crippen LogP contribution in [0.1, 0.15) is 11.7 Å². The first-order chi connectivity index (χ1) is 11.8. The molecule has 0 fully saturated rings. The molecule has 2 aromatic carbocycles. The van der Waals surface area contributed by atoms with E-state index in [9.17, 15) is 8.42 Å². The van der Waals surface area contributed by atoms with E-state index in [1.54, 1.807) is 37.3 Å². The molecule has 130 valence electrons. The Morgan fingerprint density at radius 2 is 1.72 bits per heavy atom. The summed E-state index contributed by atoms with van der Waals surface area (Å²) in [6, 6.07) is 11.1. The van der Waals surface area contributed by atoms with Gasteiger partial charge in [0.25, 0.3) is 10.0 Å². The molecule has 0 amide bonds. The number of nitrogens with one attached hydrogen (secondary N) is 1. The quantitative estimate of drug-likeness (QED) is 0.668. The van der Waals surface area contributed by atoms with Gasteiger partial charge in [-0.2, -0.15) is 0 Å². The number of rotatable bonds is 4. The van der Waals surface area contributed by atoms with Gasteiger partial charge in [-0.15, -0.1) is 0 Å². The Balaban J connectivity index is 1.91. The lowest BCUT2D eigenvalue weighted by molar-refractivity contribution is 0.495. The summed E-state index contributed by atoms with van der Waals surface area (Å²) in [6.07, 6.45) is 0. The van der Waals surface area contributed by atoms with E-state index in [0.29, 0.717) is 17.3 Å². The van der Waals surface area contributed by atoms with E-state index in [1.165, 1.54) is 12.1 Å². The zero-order chi connectivity index (χ0) is 18.2. The van der Waals surface area contributed by atoms with Crippen LogP contribution in [0.5, 0.6) is 0 Å². The van der Waals surface area contributed by atoms with Crippen molar-refractivity contribution in [2.24, 2.45) is 0 Å². The number of halogens is 2. The van der Waals surface area contributed by atoms with Gasteiger partial charge in [0.2, 0.25) is 0 Å². The summed E-state index contributed by atoms with van der Waals surface area (Å²) in [6.45, 7) is 3.57. The molecule has 0 saturated heterocycles. The molecule has 0 atom stereocenters. The summed E-state index contributed by atoms with van der Waals surface area (Å²) < 4.78 is 32.9. The summed E-state index contributed by atoms with van der Waals surface area (Å²) in [5.41, 5.74) is 1.68. The maximum atomic E-state index is 12.5. The zero-order valence-corrected chi connectivity index (χ0v) is 15.7. The van der Waals surface area contributed by atoms with Gasteiger partial charge in [-0.25, -0.2) is 13.4 Å². The molecule has 1 N–H and O–H groups in total. The van der Waals surface area contributed by atoms with Crippen molar-refractivity contribution in [3.8, 4) is 11.3 Å². The van der Waals surface area contributed by atoms with Gasteiger partial charge in [-0.3, -0.25) is 4.72 Å². The van der Waals surface area contributed by atoms with Gasteiger partial charge < -0.3 is 4.42 Å². The largest absolute Gasteiger partial charge is 0.446 e. The van der Waals surface area contributed by atoms with Crippen molar-refractivity contribution in [1.29, 1.82) is 0 Å². The molecule has 3 rings (SSSR count). The fraction of sp³-hybridized carbons (Fsp3) is 0.118. The molecule has 0 radical (unpaired) electrons. The van der Waals surface area contributed by atoms with Crippen molar-refractivity contribution >= 4 is 38.9 Å². The van der Waals surface area contributed by atoms with Gasteiger partial charge in [0, 0.05) is 12.5 Å². The lowest BCUT2D eigenvalue weighted by Crippen LogP contribution is -2.13. The first-order valence-corrected chi connectivity index (χ1v) is 9.53. The third-order valence-corrected chi connectivity index (χ3v) is 5.74. The maximum Gasteiger partial charge on any atom is 0.261 e. The molecule has 0 spiro atoms. The predicted octanol–water partition coefficient (Wildman–Crippen LogP) is 5.07. The van der Waals surface area contributed by atoms with Gasteiger partial charge in [0.15, 0.2) is 5.89 Å². The average Bonchev–Trinajstić information content (AvgIpc) is 2.90. The summed E-state index contributed by atoms with van der Waals surface area (Å²) in [5, 5.41) is 0.423. The fourth-order valence-corrected chi connectivity index (χ4v) is 3.85. The Morgan fingerprint density at radius 3 is 2.32 bits per heavy atom. The number of aromatic nitrogens is 1. The Hall–Kier alpha value is -2.02. The highest BCUT2D eigenvalue weighted by Crippen LogP contribution is 2.31. The van der Waals surface area contributed by atoms with Crippen molar-refractivity contribution in [2.45, 2.75) is 18.7 Å². The summed E-state index contributed by atoms with van der Waals surface area (Å²) in [4.78, 5) is 4.40. The van der Waals surface area contributed by atoms with Crippen molar-refractivity contribution < 1.29 is 12.8 Å². The van der Waals surface area contributed by atoms with E-state index in [4.69, 9.17) is 27.6 Å². The average molecular weight is 397 g/mol. The monoisotopic (exact) mass is 396 g/mol. The van der Waals surface area contributed by atoms with Gasteiger partial charge in [0.1, 0.15) is 11.5 Å². The third-order valence-electron chi connectivity index (χ3n) is 3.54. The standard InChI is InChI=1S/C17H14Cl2N2O3S/c1-10-17(20-11(2)24-10)12-6-8-13(9-7-12)25(22,23)21-15-5-3-4-14(18)16(15)19/h3-9,21H,1-2H3. The van der Waals surface area contributed by atoms with E-state index in [0.717, 1.165) is 5.56 Å². The third kappa shape index (κ3) is 3.66. The molecule has 0 aliphatic carbocycles. The highest BCUT2D eigenvalue weighted by atomic mass is 35.5. The van der Waals surface area contributed by atoms with Crippen molar-refractivity contribution in [2.75, 3.05) is 4.72 Å². The van der Waals surface area contributed by atoms with Crippen molar-refractivity contribution in [1.82, 2.24) is 4.98 Å². The predicted molar refractivity (Wildman–Crippen MR) is 98.7 cm³/mol. The number of nitrogens with zero attached hydrogens (tertiary/aromatic N) is 1. The smallest absolute Gasteiger partial charge is 0.261 e. The van der Waals surface area contributed by atoms with Crippen LogP contribution in [0.25, 0.3) is 11.3 Å². The molecule has 8 heteroatoms. The molecule has 3 aromatic rings. The minimum atomic E-state index is -3.79. The van der Waals surface area contributed by atoms with E-state index in [1.807, 2.05) is 6.92 Å². The second kappa shape index (κ2) is 6.71. The number of aryl methyl sites for hydroxylation is 2. The number of anilines is 1. The van der Waals surface area contributed by atoms with E-state index >= 15 is 0 Å². The molecular formula is C17H14Cl2N2O3S. The van der Waals surface area contributed by atoms with Crippen LogP contribution < -0.4 is 4.72 Å². The number of hydrogen-bond donors (Lipinski definition) is 1. The minimum Gasteiger partial charge on any atom is -0.446 e. The molecule has 1 heterocycles. The SMILES string of the molecule is Cc1nc(-c2ccc(S(=O)(=O)Nc3cccc(Cl)c3Cl)cc2)c(C)o1. The second-order valence-corrected chi connectivity index (χ2v) is 7.84. The van der Waals surface area contributed by atoms with E-state index in [2.05, 4.69) is 9.71 Å². The molecule has 25 heavy (non-hydrogen) atoms. The van der Waals surface area contributed by atoms with Crippen LogP contribution in [-0.2, 0) is 10.0 Å². The summed E-state index contributed by atoms with van der Waals surface area (Å²) in [7, 11) is -3.79. The molecule has 0 aliphatic heterocycles. The number of benzene rings is 2. The Bertz CT molecular complexity index is 1030. The van der Waals surface area contributed by atoms with Crippen LogP contribution in [0.4, 0.5) is 5.69 Å². The van der Waals surface area contributed by atoms with Crippen LogP contribution in [-0.4, -0.2) is 13.4 Å². The number of hydrogen-bond acceptors (Lipinski definition) is 4. The molecular weight excluding hydrogens is 383 g/mol. The Labute approximate surface area is 155 Å². The van der Waals surface area contributed by atoms with Gasteiger partial charge in [-0.1, -0.05) is 41.4 Å². The lowest BCUT2D eigenvalue weighted by atomic mass is 10.1. The van der Waals surface area contributed by atoms with Gasteiger partial charge in [0.05, 0.1) is 20.6 Å². The van der Waals surface area contributed by atoms with Crippen LogP contribution in [0.3, 0.4) is 0 Å². The highest BCUT2D eigenvalue weighted by molar-refractivity contribution is 7.92. The van der Waals surface area contributed by atoms with Gasteiger partial charge >= 0.3 is 0 Å². The normalized spacial score (nSPS) is 11.5. The van der Waals surface area contributed by atoms with Crippen LogP contribution in [0, 0.1) is 13.8 Å². The second-order valence-electron chi connectivity index (χ2n) is 5.37. The molecule has 1 aromatic heterocycles. The summed E-state index contributed by atoms with van der Waals surface area (Å²) >= 11 is 11.9. The van der Waals surface area contributed by atoms with Crippen molar-refractivity contribution in [3.63, 3.8) is 0 Å². The van der Waals surface area contributed by atoms with Crippen LogP contribution in [0.2, 0.25) is 10.0 Å². The Morgan fingerprint density at radius 1 is 1.04 bits per heavy atom. The number of sulfonamides is 1. The van der Waals surface area contributed by atoms with Crippen LogP contribution >= 0.6 is 23.2 Å². The molecule has 0 saturated carbocycles. The first-order valence-electron chi connectivity index (χ1n) is 7.29. The zero-order valence-electron chi connectivity index (χ0n) is 13.4. The molecule has 0 aliphatic rings. The van der Waals surface area contributed by atoms with E-state index in [-0.39, 0.29) is 20.6 Å². The fourth-order valence-electron chi connectivity index (χ4n) is 2.37. The summed E-state index contributed by atoms with van der Waals surface area (Å²) in [5.74, 6) is 1.23. The van der Waals surface area contributed by atoms with Crippen molar-refractivity contribution in [3.05, 3.63) is 64.2 Å². The lowest BCUT2D eigenvalue weighted by Gasteiger charge is -2.10. The molecule has 0 bridgehead atoms.